The summed E-state index contributed by atoms with van der Waals surface area (Å²) in [5, 5.41) is 11.3. The number of carbonyl (C=O) groups excluding carboxylic acids is 1. The van der Waals surface area contributed by atoms with Crippen molar-refractivity contribution in [2.45, 2.75) is 44.9 Å². The van der Waals surface area contributed by atoms with Gasteiger partial charge in [-0.15, -0.1) is 21.5 Å². The molecule has 3 heterocycles. The van der Waals surface area contributed by atoms with Gasteiger partial charge in [-0.1, -0.05) is 31.7 Å². The maximum absolute atomic E-state index is 12.9. The largest absolute Gasteiger partial charge is 0.338 e. The normalized spacial score (nSPS) is 18.6. The maximum Gasteiger partial charge on any atom is 0.233 e. The number of thiophene rings is 1. The molecular weight excluding hydrogens is 416 g/mol. The second-order valence-corrected chi connectivity index (χ2v) is 11.4. The van der Waals surface area contributed by atoms with Gasteiger partial charge in [-0.25, -0.2) is 8.42 Å². The van der Waals surface area contributed by atoms with E-state index in [-0.39, 0.29) is 35.1 Å². The van der Waals surface area contributed by atoms with E-state index in [2.05, 4.69) is 10.2 Å². The van der Waals surface area contributed by atoms with E-state index in [1.54, 1.807) is 16.2 Å². The highest BCUT2D eigenvalue weighted by molar-refractivity contribution is 7.99. The monoisotopic (exact) mass is 442 g/mol. The quantitative estimate of drug-likeness (QED) is 0.585. The van der Waals surface area contributed by atoms with Crippen molar-refractivity contribution in [2.24, 2.45) is 5.92 Å². The van der Waals surface area contributed by atoms with Crippen LogP contribution < -0.4 is 0 Å². The van der Waals surface area contributed by atoms with Crippen LogP contribution in [0.25, 0.3) is 10.7 Å². The Hall–Kier alpha value is -1.39. The first-order chi connectivity index (χ1) is 13.3. The topological polar surface area (TPSA) is 85.2 Å². The molecule has 0 N–H and O–H groups in total. The summed E-state index contributed by atoms with van der Waals surface area (Å²) < 4.78 is 25.7. The van der Waals surface area contributed by atoms with Crippen molar-refractivity contribution in [3.8, 4) is 10.7 Å². The van der Waals surface area contributed by atoms with E-state index in [4.69, 9.17) is 0 Å². The van der Waals surface area contributed by atoms with Gasteiger partial charge in [0.2, 0.25) is 5.91 Å². The van der Waals surface area contributed by atoms with Gasteiger partial charge < -0.3 is 9.47 Å². The van der Waals surface area contributed by atoms with E-state index in [0.717, 1.165) is 10.7 Å². The lowest BCUT2D eigenvalue weighted by Crippen LogP contribution is -2.44. The molecule has 0 unspecified atom stereocenters. The van der Waals surface area contributed by atoms with Crippen LogP contribution in [0.15, 0.2) is 22.7 Å². The Kier molecular flexibility index (Phi) is 6.82. The Morgan fingerprint density at radius 3 is 2.79 bits per heavy atom. The summed E-state index contributed by atoms with van der Waals surface area (Å²) in [6.07, 6.45) is 0.527. The van der Waals surface area contributed by atoms with Crippen molar-refractivity contribution in [2.75, 3.05) is 23.8 Å². The molecule has 1 atom stereocenters. The molecule has 2 aromatic heterocycles. The number of carbonyl (C=O) groups is 1. The van der Waals surface area contributed by atoms with Gasteiger partial charge in [0.05, 0.1) is 22.1 Å². The zero-order valence-corrected chi connectivity index (χ0v) is 18.8. The van der Waals surface area contributed by atoms with Gasteiger partial charge in [-0.05, 0) is 30.7 Å². The predicted molar refractivity (Wildman–Crippen MR) is 113 cm³/mol. The van der Waals surface area contributed by atoms with E-state index in [0.29, 0.717) is 24.7 Å². The van der Waals surface area contributed by atoms with Crippen LogP contribution in [0.2, 0.25) is 0 Å². The SMILES string of the molecule is CCn1c(SCC(=O)N(CC(C)C)[C@H]2CCS(=O)(=O)C2)nnc1-c1cccs1. The van der Waals surface area contributed by atoms with Crippen LogP contribution in [-0.2, 0) is 21.2 Å². The van der Waals surface area contributed by atoms with Crippen molar-refractivity contribution < 1.29 is 13.2 Å². The second-order valence-electron chi connectivity index (χ2n) is 7.31. The molecule has 1 saturated heterocycles. The molecule has 3 rings (SSSR count). The zero-order chi connectivity index (χ0) is 20.3. The minimum atomic E-state index is -3.04. The minimum Gasteiger partial charge on any atom is -0.338 e. The lowest BCUT2D eigenvalue weighted by atomic mass is 10.1. The summed E-state index contributed by atoms with van der Waals surface area (Å²) in [5.74, 6) is 1.52. The van der Waals surface area contributed by atoms with E-state index < -0.39 is 9.84 Å². The van der Waals surface area contributed by atoms with Gasteiger partial charge in [-0.2, -0.15) is 0 Å². The standard InChI is InChI=1S/C18H26N4O3S3/c1-4-21-17(15-6-5-8-26-15)19-20-18(21)27-11-16(23)22(10-13(2)3)14-7-9-28(24,25)12-14/h5-6,8,13-14H,4,7,9-12H2,1-3H3/t14-/m0/s1. The molecular formula is C18H26N4O3S3. The molecule has 1 amide bonds. The molecule has 0 aromatic carbocycles. The van der Waals surface area contributed by atoms with Gasteiger partial charge in [-0.3, -0.25) is 4.79 Å². The summed E-state index contributed by atoms with van der Waals surface area (Å²) in [4.78, 5) is 15.7. The van der Waals surface area contributed by atoms with Crippen molar-refractivity contribution >= 4 is 38.8 Å². The number of hydrogen-bond donors (Lipinski definition) is 0. The Labute approximate surface area is 174 Å². The number of amides is 1. The molecule has 2 aromatic rings. The molecule has 154 valence electrons. The number of sulfone groups is 1. The minimum absolute atomic E-state index is 0.0378. The fourth-order valence-corrected chi connectivity index (χ4v) is 6.68. The lowest BCUT2D eigenvalue weighted by molar-refractivity contribution is -0.130. The molecule has 1 aliphatic heterocycles. The van der Waals surface area contributed by atoms with Crippen LogP contribution in [0, 0.1) is 5.92 Å². The van der Waals surface area contributed by atoms with Crippen LogP contribution in [-0.4, -0.2) is 63.8 Å². The molecule has 1 aliphatic rings. The van der Waals surface area contributed by atoms with E-state index >= 15 is 0 Å². The fourth-order valence-electron chi connectivity index (χ4n) is 3.35. The predicted octanol–water partition coefficient (Wildman–Crippen LogP) is 2.79. The zero-order valence-electron chi connectivity index (χ0n) is 16.4. The van der Waals surface area contributed by atoms with Crippen LogP contribution >= 0.6 is 23.1 Å². The van der Waals surface area contributed by atoms with E-state index in [1.165, 1.54) is 11.8 Å². The van der Waals surface area contributed by atoms with Crippen molar-refractivity contribution in [1.29, 1.82) is 0 Å². The third kappa shape index (κ3) is 4.96. The molecule has 0 radical (unpaired) electrons. The molecule has 10 heteroatoms. The van der Waals surface area contributed by atoms with Crippen molar-refractivity contribution in [3.63, 3.8) is 0 Å². The third-order valence-electron chi connectivity index (χ3n) is 4.63. The number of aromatic nitrogens is 3. The van der Waals surface area contributed by atoms with Gasteiger partial charge >= 0.3 is 0 Å². The van der Waals surface area contributed by atoms with Gasteiger partial charge in [0.1, 0.15) is 0 Å². The first-order valence-electron chi connectivity index (χ1n) is 9.40. The summed E-state index contributed by atoms with van der Waals surface area (Å²) in [7, 11) is -3.04. The fraction of sp³-hybridized carbons (Fsp3) is 0.611. The van der Waals surface area contributed by atoms with Crippen LogP contribution in [0.3, 0.4) is 0 Å². The van der Waals surface area contributed by atoms with Gasteiger partial charge in [0, 0.05) is 19.1 Å². The number of nitrogens with zero attached hydrogens (tertiary/aromatic N) is 4. The van der Waals surface area contributed by atoms with Gasteiger partial charge in [0.15, 0.2) is 20.8 Å². The lowest BCUT2D eigenvalue weighted by Gasteiger charge is -2.29. The Balaban J connectivity index is 1.71. The Morgan fingerprint density at radius 1 is 1.43 bits per heavy atom. The average molecular weight is 443 g/mol. The summed E-state index contributed by atoms with van der Waals surface area (Å²) >= 11 is 2.97. The summed E-state index contributed by atoms with van der Waals surface area (Å²) in [5.41, 5.74) is 0. The van der Waals surface area contributed by atoms with Crippen molar-refractivity contribution in [3.05, 3.63) is 17.5 Å². The molecule has 28 heavy (non-hydrogen) atoms. The summed E-state index contributed by atoms with van der Waals surface area (Å²) in [6.45, 7) is 7.39. The smallest absolute Gasteiger partial charge is 0.233 e. The molecule has 0 spiro atoms. The van der Waals surface area contributed by atoms with E-state index in [9.17, 15) is 13.2 Å². The molecule has 7 nitrogen and oxygen atoms in total. The molecule has 0 saturated carbocycles. The first kappa shape index (κ1) is 21.3. The number of thioether (sulfide) groups is 1. The van der Waals surface area contributed by atoms with E-state index in [1.807, 2.05) is 42.9 Å². The second kappa shape index (κ2) is 8.96. The van der Waals surface area contributed by atoms with Crippen LogP contribution in [0.4, 0.5) is 0 Å². The first-order valence-corrected chi connectivity index (χ1v) is 13.1. The third-order valence-corrected chi connectivity index (χ3v) is 8.20. The Morgan fingerprint density at radius 2 is 2.21 bits per heavy atom. The van der Waals surface area contributed by atoms with Crippen LogP contribution in [0.1, 0.15) is 27.2 Å². The van der Waals surface area contributed by atoms with Crippen LogP contribution in [0.5, 0.6) is 0 Å². The highest BCUT2D eigenvalue weighted by atomic mass is 32.2. The molecule has 0 aliphatic carbocycles. The molecule has 0 bridgehead atoms. The summed E-state index contributed by atoms with van der Waals surface area (Å²) in [6, 6.07) is 3.77. The average Bonchev–Trinajstić information content (AvgIpc) is 3.36. The highest BCUT2D eigenvalue weighted by Gasteiger charge is 2.34. The molecule has 1 fully saturated rings. The number of hydrogen-bond acceptors (Lipinski definition) is 7. The van der Waals surface area contributed by atoms with Gasteiger partial charge in [0.25, 0.3) is 0 Å². The Bertz CT molecular complexity index is 907. The highest BCUT2D eigenvalue weighted by Crippen LogP contribution is 2.28. The van der Waals surface area contributed by atoms with Crippen molar-refractivity contribution in [1.82, 2.24) is 19.7 Å². The number of rotatable bonds is 8. The maximum atomic E-state index is 12.9.